The molecule has 1 aromatic carbocycles. The van der Waals surface area contributed by atoms with Gasteiger partial charge in [-0.05, 0) is 25.1 Å². The van der Waals surface area contributed by atoms with Gasteiger partial charge in [0, 0.05) is 6.54 Å². The van der Waals surface area contributed by atoms with Crippen molar-refractivity contribution in [2.24, 2.45) is 0 Å². The van der Waals surface area contributed by atoms with Crippen LogP contribution < -0.4 is 0 Å². The molecule has 17 heavy (non-hydrogen) atoms. The lowest BCUT2D eigenvalue weighted by molar-refractivity contribution is -0.125. The molecular formula is C12H15NO3S. The van der Waals surface area contributed by atoms with E-state index in [9.17, 15) is 13.2 Å². The maximum atomic E-state index is 12.0. The maximum absolute atomic E-state index is 12.0. The Balaban J connectivity index is 2.94. The van der Waals surface area contributed by atoms with Crippen LogP contribution in [0.5, 0.6) is 0 Å². The summed E-state index contributed by atoms with van der Waals surface area (Å²) in [5.41, 5.74) is 0. The van der Waals surface area contributed by atoms with Gasteiger partial charge in [-0.15, -0.1) is 0 Å². The summed E-state index contributed by atoms with van der Waals surface area (Å²) >= 11 is 0. The summed E-state index contributed by atoms with van der Waals surface area (Å²) in [6.07, 6.45) is 1.12. The van der Waals surface area contributed by atoms with Crippen LogP contribution >= 0.6 is 0 Å². The number of amides is 1. The first kappa shape index (κ1) is 13.4. The van der Waals surface area contributed by atoms with Crippen LogP contribution in [0.25, 0.3) is 0 Å². The van der Waals surface area contributed by atoms with Crippen molar-refractivity contribution < 1.29 is 13.2 Å². The highest BCUT2D eigenvalue weighted by molar-refractivity contribution is 7.91. The predicted octanol–water partition coefficient (Wildman–Crippen LogP) is 1.45. The fraction of sp³-hybridized carbons (Fsp3) is 0.250. The van der Waals surface area contributed by atoms with Gasteiger partial charge in [0.05, 0.1) is 4.90 Å². The lowest BCUT2D eigenvalue weighted by atomic mass is 10.4. The number of benzene rings is 1. The number of nitrogens with zero attached hydrogens (tertiary/aromatic N) is 1. The minimum atomic E-state index is -3.47. The minimum Gasteiger partial charge on any atom is -0.325 e. The Kier molecular flexibility index (Phi) is 4.45. The fourth-order valence-corrected chi connectivity index (χ4v) is 2.79. The first-order chi connectivity index (χ1) is 8.01. The Bertz CT molecular complexity index is 494. The molecule has 1 aromatic rings. The number of sulfone groups is 1. The lowest BCUT2D eigenvalue weighted by Gasteiger charge is -2.18. The third-order valence-corrected chi connectivity index (χ3v) is 3.94. The largest absolute Gasteiger partial charge is 0.325 e. The van der Waals surface area contributed by atoms with Crippen LogP contribution in [0.3, 0.4) is 0 Å². The van der Waals surface area contributed by atoms with Gasteiger partial charge in [0.2, 0.25) is 5.91 Å². The van der Waals surface area contributed by atoms with Gasteiger partial charge in [0.1, 0.15) is 5.88 Å². The van der Waals surface area contributed by atoms with Crippen molar-refractivity contribution in [1.82, 2.24) is 4.90 Å². The van der Waals surface area contributed by atoms with Crippen LogP contribution in [0.1, 0.15) is 6.92 Å². The second kappa shape index (κ2) is 5.63. The number of hydrogen-bond donors (Lipinski definition) is 0. The normalized spacial score (nSPS) is 10.9. The molecule has 0 N–H and O–H groups in total. The molecule has 92 valence electrons. The van der Waals surface area contributed by atoms with Crippen molar-refractivity contribution in [1.29, 1.82) is 0 Å². The van der Waals surface area contributed by atoms with E-state index in [1.165, 1.54) is 17.0 Å². The first-order valence-electron chi connectivity index (χ1n) is 5.20. The highest BCUT2D eigenvalue weighted by Crippen LogP contribution is 2.11. The van der Waals surface area contributed by atoms with Crippen molar-refractivity contribution in [2.75, 3.05) is 12.4 Å². The summed E-state index contributed by atoms with van der Waals surface area (Å²) in [6.45, 7) is 5.40. The number of carbonyl (C=O) groups is 1. The molecule has 0 spiro atoms. The Morgan fingerprint density at radius 2 is 1.94 bits per heavy atom. The number of likely N-dealkylation sites (N-methyl/N-ethyl adjacent to an activating group) is 1. The van der Waals surface area contributed by atoms with E-state index in [-0.39, 0.29) is 16.7 Å². The molecular weight excluding hydrogens is 238 g/mol. The molecule has 0 atom stereocenters. The van der Waals surface area contributed by atoms with Gasteiger partial charge in [-0.1, -0.05) is 24.8 Å². The Labute approximate surface area is 101 Å². The molecule has 0 saturated heterocycles. The number of carbonyl (C=O) groups excluding carboxylic acids is 1. The zero-order chi connectivity index (χ0) is 12.9. The molecule has 0 aliphatic carbocycles. The smallest absolute Gasteiger partial charge is 0.246 e. The average Bonchev–Trinajstić information content (AvgIpc) is 2.36. The van der Waals surface area contributed by atoms with E-state index < -0.39 is 9.84 Å². The highest BCUT2D eigenvalue weighted by Gasteiger charge is 2.20. The van der Waals surface area contributed by atoms with Crippen LogP contribution in [-0.4, -0.2) is 31.6 Å². The van der Waals surface area contributed by atoms with Crippen molar-refractivity contribution in [2.45, 2.75) is 11.8 Å². The molecule has 5 heteroatoms. The van der Waals surface area contributed by atoms with E-state index in [0.717, 1.165) is 6.08 Å². The van der Waals surface area contributed by atoms with Crippen molar-refractivity contribution >= 4 is 15.7 Å². The third-order valence-electron chi connectivity index (χ3n) is 2.30. The number of rotatable bonds is 5. The van der Waals surface area contributed by atoms with Gasteiger partial charge in [0.25, 0.3) is 0 Å². The second-order valence-electron chi connectivity index (χ2n) is 3.46. The molecule has 1 amide bonds. The van der Waals surface area contributed by atoms with Gasteiger partial charge < -0.3 is 4.90 Å². The second-order valence-corrected chi connectivity index (χ2v) is 5.41. The highest BCUT2D eigenvalue weighted by atomic mass is 32.2. The molecule has 0 unspecified atom stereocenters. The van der Waals surface area contributed by atoms with Crippen LogP contribution in [0.15, 0.2) is 47.9 Å². The standard InChI is InChI=1S/C12H15NO3S/c1-3-12(14)13(4-2)10-17(15,16)11-8-6-5-7-9-11/h3,5-9H,1,4,10H2,2H3. The first-order valence-corrected chi connectivity index (χ1v) is 6.85. The molecule has 0 bridgehead atoms. The van der Waals surface area contributed by atoms with Gasteiger partial charge in [-0.2, -0.15) is 0 Å². The molecule has 0 fully saturated rings. The zero-order valence-electron chi connectivity index (χ0n) is 9.67. The topological polar surface area (TPSA) is 54.5 Å². The Morgan fingerprint density at radius 1 is 1.35 bits per heavy atom. The minimum absolute atomic E-state index is 0.218. The molecule has 0 aliphatic heterocycles. The van der Waals surface area contributed by atoms with Gasteiger partial charge in [0.15, 0.2) is 9.84 Å². The van der Waals surface area contributed by atoms with Crippen LogP contribution in [-0.2, 0) is 14.6 Å². The van der Waals surface area contributed by atoms with E-state index in [2.05, 4.69) is 6.58 Å². The SMILES string of the molecule is C=CC(=O)N(CC)CS(=O)(=O)c1ccccc1. The van der Waals surface area contributed by atoms with Gasteiger partial charge in [-0.3, -0.25) is 4.79 Å². The summed E-state index contributed by atoms with van der Waals surface area (Å²) in [6, 6.07) is 8.08. The van der Waals surface area contributed by atoms with Crippen LogP contribution in [0.2, 0.25) is 0 Å². The van der Waals surface area contributed by atoms with E-state index in [1.54, 1.807) is 25.1 Å². The van der Waals surface area contributed by atoms with E-state index >= 15 is 0 Å². The fourth-order valence-electron chi connectivity index (χ4n) is 1.35. The number of hydrogen-bond acceptors (Lipinski definition) is 3. The lowest BCUT2D eigenvalue weighted by Crippen LogP contribution is -2.34. The Hall–Kier alpha value is -1.62. The molecule has 4 nitrogen and oxygen atoms in total. The summed E-state index contributed by atoms with van der Waals surface area (Å²) in [5, 5.41) is 0. The van der Waals surface area contributed by atoms with E-state index in [1.807, 2.05) is 0 Å². The zero-order valence-corrected chi connectivity index (χ0v) is 10.5. The molecule has 1 rings (SSSR count). The van der Waals surface area contributed by atoms with Crippen LogP contribution in [0, 0.1) is 0 Å². The summed E-state index contributed by atoms with van der Waals surface area (Å²) in [7, 11) is -3.47. The molecule has 0 aromatic heterocycles. The monoisotopic (exact) mass is 253 g/mol. The van der Waals surface area contributed by atoms with Gasteiger partial charge >= 0.3 is 0 Å². The Morgan fingerprint density at radius 3 is 2.41 bits per heavy atom. The summed E-state index contributed by atoms with van der Waals surface area (Å²) in [4.78, 5) is 12.8. The van der Waals surface area contributed by atoms with E-state index in [0.29, 0.717) is 6.54 Å². The maximum Gasteiger partial charge on any atom is 0.246 e. The quantitative estimate of drug-likeness (QED) is 0.746. The molecule has 0 saturated carbocycles. The van der Waals surface area contributed by atoms with Crippen LogP contribution in [0.4, 0.5) is 0 Å². The third kappa shape index (κ3) is 3.42. The summed E-state index contributed by atoms with van der Waals surface area (Å²) in [5.74, 6) is -0.703. The van der Waals surface area contributed by atoms with Crippen molar-refractivity contribution in [3.8, 4) is 0 Å². The average molecular weight is 253 g/mol. The van der Waals surface area contributed by atoms with Gasteiger partial charge in [-0.25, -0.2) is 8.42 Å². The molecule has 0 aliphatic rings. The molecule has 0 heterocycles. The van der Waals surface area contributed by atoms with Crippen molar-refractivity contribution in [3.63, 3.8) is 0 Å². The van der Waals surface area contributed by atoms with E-state index in [4.69, 9.17) is 0 Å². The molecule has 0 radical (unpaired) electrons. The summed E-state index contributed by atoms with van der Waals surface area (Å²) < 4.78 is 24.0. The predicted molar refractivity (Wildman–Crippen MR) is 66.1 cm³/mol. The van der Waals surface area contributed by atoms with Crippen molar-refractivity contribution in [3.05, 3.63) is 43.0 Å².